The lowest BCUT2D eigenvalue weighted by molar-refractivity contribution is 0.592. The number of anilines is 1. The van der Waals surface area contributed by atoms with Crippen molar-refractivity contribution in [2.24, 2.45) is 0 Å². The number of fused-ring (bicyclic) bond motifs is 2. The normalized spacial score (nSPS) is 11.9. The Morgan fingerprint density at radius 2 is 1.47 bits per heavy atom. The van der Waals surface area contributed by atoms with Crippen molar-refractivity contribution in [1.82, 2.24) is 14.5 Å². The van der Waals surface area contributed by atoms with Crippen LogP contribution in [0.1, 0.15) is 5.56 Å². The molecule has 8 heteroatoms. The summed E-state index contributed by atoms with van der Waals surface area (Å²) in [5, 5.41) is 0. The van der Waals surface area contributed by atoms with Crippen LogP contribution in [0.5, 0.6) is 0 Å². The van der Waals surface area contributed by atoms with Gasteiger partial charge >= 0.3 is 0 Å². The Morgan fingerprint density at radius 1 is 0.844 bits per heavy atom. The molecule has 0 atom stereocenters. The van der Waals surface area contributed by atoms with Crippen LogP contribution in [0.4, 0.5) is 10.2 Å². The average Bonchev–Trinajstić information content (AvgIpc) is 3.08. The summed E-state index contributed by atoms with van der Waals surface area (Å²) in [5.41, 5.74) is 8.67. The van der Waals surface area contributed by atoms with Crippen molar-refractivity contribution >= 4 is 37.9 Å². The molecule has 0 aliphatic heterocycles. The second-order valence-corrected chi connectivity index (χ2v) is 9.29. The lowest BCUT2D eigenvalue weighted by Crippen LogP contribution is -2.10. The van der Waals surface area contributed by atoms with E-state index in [2.05, 4.69) is 9.97 Å². The van der Waals surface area contributed by atoms with E-state index in [-0.39, 0.29) is 33.5 Å². The van der Waals surface area contributed by atoms with Gasteiger partial charge in [-0.15, -0.1) is 0 Å². The number of nitrogens with zero attached hydrogens (tertiary/aromatic N) is 3. The molecule has 5 aromatic rings. The molecule has 6 nitrogen and oxygen atoms in total. The van der Waals surface area contributed by atoms with E-state index in [0.717, 1.165) is 0 Å². The van der Waals surface area contributed by atoms with E-state index in [4.69, 9.17) is 5.73 Å². The van der Waals surface area contributed by atoms with Crippen molar-refractivity contribution in [1.29, 1.82) is 0 Å². The molecule has 0 amide bonds. The third-order valence-electron chi connectivity index (χ3n) is 5.43. The first kappa shape index (κ1) is 20.1. The van der Waals surface area contributed by atoms with Crippen LogP contribution in [0, 0.1) is 5.82 Å². The Labute approximate surface area is 184 Å². The van der Waals surface area contributed by atoms with Gasteiger partial charge in [-0.25, -0.2) is 22.8 Å². The molecule has 2 aromatic heterocycles. The van der Waals surface area contributed by atoms with Gasteiger partial charge in [-0.3, -0.25) is 0 Å². The van der Waals surface area contributed by atoms with Gasteiger partial charge in [0.2, 0.25) is 9.84 Å². The third kappa shape index (κ3) is 3.29. The van der Waals surface area contributed by atoms with Gasteiger partial charge in [0.25, 0.3) is 0 Å². The lowest BCUT2D eigenvalue weighted by Gasteiger charge is -2.09. The smallest absolute Gasteiger partial charge is 0.212 e. The van der Waals surface area contributed by atoms with Gasteiger partial charge in [-0.05, 0) is 42.3 Å². The summed E-state index contributed by atoms with van der Waals surface area (Å²) in [6.07, 6.45) is 0.319. The van der Waals surface area contributed by atoms with Crippen molar-refractivity contribution in [2.75, 3.05) is 5.73 Å². The standard InChI is InChI=1S/C24H19FN4O2S/c25-18-11-5-4-8-16(18)14-15-29-23(26)22(32(30,31)17-9-2-1-3-10-17)21-24(29)28-20-13-7-6-12-19(20)27-21/h1-13H,14-15,26H2. The van der Waals surface area contributed by atoms with Crippen LogP contribution in [0.2, 0.25) is 0 Å². The van der Waals surface area contributed by atoms with E-state index in [9.17, 15) is 12.8 Å². The van der Waals surface area contributed by atoms with Crippen LogP contribution in [-0.2, 0) is 22.8 Å². The maximum atomic E-state index is 14.2. The Hall–Kier alpha value is -3.78. The van der Waals surface area contributed by atoms with Crippen LogP contribution in [0.25, 0.3) is 22.2 Å². The molecule has 0 aliphatic carbocycles. The predicted octanol–water partition coefficient (Wildman–Crippen LogP) is 4.38. The van der Waals surface area contributed by atoms with Crippen molar-refractivity contribution < 1.29 is 12.8 Å². The van der Waals surface area contributed by atoms with E-state index in [0.29, 0.717) is 28.7 Å². The Kier molecular flexibility index (Phi) is 4.86. The first-order valence-corrected chi connectivity index (χ1v) is 11.5. The topological polar surface area (TPSA) is 90.9 Å². The summed E-state index contributed by atoms with van der Waals surface area (Å²) < 4.78 is 42.8. The number of rotatable bonds is 5. The molecule has 0 bridgehead atoms. The van der Waals surface area contributed by atoms with Gasteiger partial charge in [-0.2, -0.15) is 0 Å². The van der Waals surface area contributed by atoms with Crippen molar-refractivity contribution in [3.05, 3.63) is 90.2 Å². The molecule has 5 rings (SSSR count). The summed E-state index contributed by atoms with van der Waals surface area (Å²) in [4.78, 5) is 9.31. The quantitative estimate of drug-likeness (QED) is 0.433. The largest absolute Gasteiger partial charge is 0.384 e. The predicted molar refractivity (Wildman–Crippen MR) is 121 cm³/mol. The number of aromatic nitrogens is 3. The zero-order valence-corrected chi connectivity index (χ0v) is 17.8. The molecule has 32 heavy (non-hydrogen) atoms. The fraction of sp³-hybridized carbons (Fsp3) is 0.0833. The minimum Gasteiger partial charge on any atom is -0.384 e. The zero-order chi connectivity index (χ0) is 22.3. The highest BCUT2D eigenvalue weighted by atomic mass is 32.2. The molecule has 0 fully saturated rings. The molecule has 0 saturated carbocycles. The van der Waals surface area contributed by atoms with E-state index < -0.39 is 9.84 Å². The number of para-hydroxylation sites is 2. The molecular formula is C24H19FN4O2S. The Bertz CT molecular complexity index is 1560. The van der Waals surface area contributed by atoms with Gasteiger partial charge in [0.05, 0.1) is 15.9 Å². The van der Waals surface area contributed by atoms with Crippen molar-refractivity contribution in [3.8, 4) is 0 Å². The SMILES string of the molecule is Nc1c(S(=O)(=O)c2ccccc2)c2nc3ccccc3nc2n1CCc1ccccc1F. The summed E-state index contributed by atoms with van der Waals surface area (Å²) in [5.74, 6) is -0.285. The summed E-state index contributed by atoms with van der Waals surface area (Å²) in [6, 6.07) is 21.8. The first-order chi connectivity index (χ1) is 15.5. The second kappa shape index (κ2) is 7.72. The molecule has 0 saturated heterocycles. The highest BCUT2D eigenvalue weighted by Gasteiger charge is 2.30. The van der Waals surface area contributed by atoms with Crippen molar-refractivity contribution in [2.45, 2.75) is 22.8 Å². The molecule has 2 N–H and O–H groups in total. The minimum absolute atomic E-state index is 0.0375. The number of aryl methyl sites for hydroxylation is 2. The maximum absolute atomic E-state index is 14.2. The number of hydrogen-bond donors (Lipinski definition) is 1. The minimum atomic E-state index is -3.96. The number of halogens is 1. The summed E-state index contributed by atoms with van der Waals surface area (Å²) in [6.45, 7) is 0.251. The van der Waals surface area contributed by atoms with E-state index in [1.54, 1.807) is 53.1 Å². The lowest BCUT2D eigenvalue weighted by atomic mass is 10.1. The molecular weight excluding hydrogens is 427 g/mol. The second-order valence-electron chi connectivity index (χ2n) is 7.41. The molecule has 0 radical (unpaired) electrons. The fourth-order valence-electron chi connectivity index (χ4n) is 3.83. The Morgan fingerprint density at radius 3 is 2.19 bits per heavy atom. The molecule has 3 aromatic carbocycles. The van der Waals surface area contributed by atoms with Gasteiger partial charge < -0.3 is 10.3 Å². The van der Waals surface area contributed by atoms with Crippen LogP contribution in [0.15, 0.2) is 88.7 Å². The molecule has 0 unspecified atom stereocenters. The molecule has 0 spiro atoms. The Balaban J connectivity index is 1.74. The average molecular weight is 447 g/mol. The van der Waals surface area contributed by atoms with Gasteiger partial charge in [0.15, 0.2) is 5.65 Å². The molecule has 2 heterocycles. The summed E-state index contributed by atoms with van der Waals surface area (Å²) >= 11 is 0. The van der Waals surface area contributed by atoms with Gasteiger partial charge in [0.1, 0.15) is 22.0 Å². The number of benzene rings is 3. The third-order valence-corrected chi connectivity index (χ3v) is 7.26. The number of sulfone groups is 1. The van der Waals surface area contributed by atoms with Crippen LogP contribution in [-0.4, -0.2) is 23.0 Å². The fourth-order valence-corrected chi connectivity index (χ4v) is 5.36. The number of nitrogen functional groups attached to an aromatic ring is 1. The highest BCUT2D eigenvalue weighted by molar-refractivity contribution is 7.92. The van der Waals surface area contributed by atoms with Crippen LogP contribution in [0.3, 0.4) is 0 Å². The monoisotopic (exact) mass is 446 g/mol. The zero-order valence-electron chi connectivity index (χ0n) is 16.9. The summed E-state index contributed by atoms with van der Waals surface area (Å²) in [7, 11) is -3.96. The number of hydrogen-bond acceptors (Lipinski definition) is 5. The van der Waals surface area contributed by atoms with Crippen molar-refractivity contribution in [3.63, 3.8) is 0 Å². The molecule has 0 aliphatic rings. The molecule has 160 valence electrons. The van der Waals surface area contributed by atoms with Gasteiger partial charge in [0, 0.05) is 6.54 Å². The first-order valence-electron chi connectivity index (χ1n) is 10.0. The maximum Gasteiger partial charge on any atom is 0.212 e. The van der Waals surface area contributed by atoms with E-state index in [1.165, 1.54) is 18.2 Å². The number of nitrogens with two attached hydrogens (primary N) is 1. The van der Waals surface area contributed by atoms with E-state index >= 15 is 0 Å². The van der Waals surface area contributed by atoms with E-state index in [1.807, 2.05) is 12.1 Å². The van der Waals surface area contributed by atoms with Gasteiger partial charge in [-0.1, -0.05) is 48.5 Å². The van der Waals surface area contributed by atoms with Crippen LogP contribution < -0.4 is 5.73 Å². The highest BCUT2D eigenvalue weighted by Crippen LogP contribution is 2.35. The van der Waals surface area contributed by atoms with Crippen LogP contribution >= 0.6 is 0 Å².